The van der Waals surface area contributed by atoms with Crippen LogP contribution in [0.4, 0.5) is 0 Å². The van der Waals surface area contributed by atoms with Crippen molar-refractivity contribution in [2.45, 2.75) is 79.4 Å². The normalized spacial score (nSPS) is 11.7. The van der Waals surface area contributed by atoms with Crippen LogP contribution in [0.25, 0.3) is 72.0 Å². The second-order valence-electron chi connectivity index (χ2n) is 18.4. The maximum absolute atomic E-state index is 5.24. The number of nitrogens with zero attached hydrogens (tertiary/aromatic N) is 3. The van der Waals surface area contributed by atoms with Crippen LogP contribution in [-0.2, 0) is 26.5 Å². The van der Waals surface area contributed by atoms with E-state index in [1.807, 2.05) is 18.2 Å². The molecule has 7 aromatic carbocycles. The molecule has 9 aromatic rings. The van der Waals surface area contributed by atoms with Gasteiger partial charge in [-0.1, -0.05) is 162 Å². The summed E-state index contributed by atoms with van der Waals surface area (Å²) in [6.45, 7) is 20.9. The van der Waals surface area contributed by atoms with Gasteiger partial charge in [0.25, 0.3) is 0 Å². The van der Waals surface area contributed by atoms with Crippen molar-refractivity contribution in [2.24, 2.45) is 5.92 Å². The van der Waals surface area contributed by atoms with E-state index >= 15 is 0 Å². The third kappa shape index (κ3) is 9.32. The van der Waals surface area contributed by atoms with Gasteiger partial charge in [0.1, 0.15) is 0 Å². The van der Waals surface area contributed by atoms with Gasteiger partial charge in [-0.15, -0.1) is 65.0 Å². The third-order valence-electron chi connectivity index (χ3n) is 11.6. The number of aromatic nitrogens is 3. The van der Waals surface area contributed by atoms with Gasteiger partial charge >= 0.3 is 0 Å². The molecule has 3 nitrogen and oxygen atoms in total. The summed E-state index contributed by atoms with van der Waals surface area (Å²) >= 11 is 0. The zero-order valence-corrected chi connectivity index (χ0v) is 40.9. The topological polar surface area (TPSA) is 30.7 Å². The molecule has 315 valence electrons. The number of pyridine rings is 1. The summed E-state index contributed by atoms with van der Waals surface area (Å²) < 4.78 is 2.40. The van der Waals surface area contributed by atoms with Gasteiger partial charge in [0, 0.05) is 32.0 Å². The first kappa shape index (κ1) is 44.6. The molecular formula is C57H57IrN3Si-2. The summed E-state index contributed by atoms with van der Waals surface area (Å²) in [6, 6.07) is 58.6. The van der Waals surface area contributed by atoms with Gasteiger partial charge in [0.15, 0.2) is 0 Å². The molecule has 0 saturated carbocycles. The van der Waals surface area contributed by atoms with Gasteiger partial charge in [-0.2, -0.15) is 0 Å². The van der Waals surface area contributed by atoms with Crippen LogP contribution >= 0.6 is 0 Å². The Morgan fingerprint density at radius 1 is 0.613 bits per heavy atom. The Hall–Kier alpha value is -5.45. The molecule has 0 amide bonds. The number of fused-ring (bicyclic) bond motifs is 4. The van der Waals surface area contributed by atoms with Crippen molar-refractivity contribution in [1.29, 1.82) is 0 Å². The molecule has 5 heteroatoms. The molecule has 0 spiro atoms. The fraction of sp³-hybridized carbons (Fsp3) is 0.228. The van der Waals surface area contributed by atoms with E-state index < -0.39 is 8.07 Å². The molecule has 0 N–H and O–H groups in total. The summed E-state index contributed by atoms with van der Waals surface area (Å²) in [6.07, 6.45) is 3.24. The maximum Gasteiger partial charge on any atom is 0.0798 e. The molecule has 2 heterocycles. The summed E-state index contributed by atoms with van der Waals surface area (Å²) in [5.41, 5.74) is 13.1. The van der Waals surface area contributed by atoms with E-state index in [2.05, 4.69) is 216 Å². The number of imidazole rings is 1. The van der Waals surface area contributed by atoms with E-state index in [4.69, 9.17) is 4.98 Å². The molecule has 0 aliphatic heterocycles. The fourth-order valence-electron chi connectivity index (χ4n) is 8.61. The number of para-hydroxylation sites is 2. The van der Waals surface area contributed by atoms with E-state index in [0.717, 1.165) is 40.1 Å². The number of benzene rings is 7. The summed E-state index contributed by atoms with van der Waals surface area (Å²) in [7, 11) is -1.34. The number of hydrogen-bond donors (Lipinski definition) is 0. The van der Waals surface area contributed by atoms with Crippen LogP contribution in [0.15, 0.2) is 152 Å². The van der Waals surface area contributed by atoms with Crippen LogP contribution in [0, 0.1) is 18.1 Å². The van der Waals surface area contributed by atoms with Crippen LogP contribution in [-0.4, -0.2) is 22.6 Å². The van der Waals surface area contributed by atoms with Gasteiger partial charge in [-0.25, -0.2) is 0 Å². The van der Waals surface area contributed by atoms with Crippen molar-refractivity contribution in [2.75, 3.05) is 0 Å². The van der Waals surface area contributed by atoms with Gasteiger partial charge in [0.2, 0.25) is 0 Å². The Morgan fingerprint density at radius 2 is 1.27 bits per heavy atom. The predicted octanol–water partition coefficient (Wildman–Crippen LogP) is 15.0. The molecule has 0 aliphatic rings. The average Bonchev–Trinajstić information content (AvgIpc) is 3.65. The molecule has 1 radical (unpaired) electrons. The first-order valence-corrected chi connectivity index (χ1v) is 25.4. The minimum atomic E-state index is -1.34. The monoisotopic (exact) mass is 1000 g/mol. The van der Waals surface area contributed by atoms with Crippen LogP contribution in [0.2, 0.25) is 19.6 Å². The zero-order valence-electron chi connectivity index (χ0n) is 37.5. The molecule has 9 rings (SSSR count). The minimum Gasteiger partial charge on any atom is -0.333 e. The third-order valence-corrected chi connectivity index (χ3v) is 13.7. The first-order valence-electron chi connectivity index (χ1n) is 21.9. The summed E-state index contributed by atoms with van der Waals surface area (Å²) in [4.78, 5) is 9.93. The van der Waals surface area contributed by atoms with Gasteiger partial charge in [-0.05, 0) is 87.0 Å². The summed E-state index contributed by atoms with van der Waals surface area (Å²) in [5.74, 6) is 2.25. The van der Waals surface area contributed by atoms with Gasteiger partial charge in [-0.3, -0.25) is 4.98 Å². The Balaban J connectivity index is 0.000000233. The van der Waals surface area contributed by atoms with Crippen molar-refractivity contribution >= 4 is 45.8 Å². The van der Waals surface area contributed by atoms with E-state index in [-0.39, 0.29) is 20.1 Å². The molecule has 0 fully saturated rings. The van der Waals surface area contributed by atoms with Crippen molar-refractivity contribution in [3.8, 4) is 39.5 Å². The molecule has 0 aliphatic carbocycles. The second kappa shape index (κ2) is 18.9. The van der Waals surface area contributed by atoms with E-state index in [1.54, 1.807) is 0 Å². The smallest absolute Gasteiger partial charge is 0.0798 e. The van der Waals surface area contributed by atoms with Gasteiger partial charge in [0.05, 0.1) is 24.9 Å². The molecule has 0 saturated heterocycles. The van der Waals surface area contributed by atoms with E-state index in [0.29, 0.717) is 17.8 Å². The molecule has 0 bridgehead atoms. The number of hydrogen-bond acceptors (Lipinski definition) is 2. The summed E-state index contributed by atoms with van der Waals surface area (Å²) in [5, 5.41) is 6.40. The van der Waals surface area contributed by atoms with Crippen LogP contribution in [0.3, 0.4) is 0 Å². The zero-order chi connectivity index (χ0) is 42.8. The molecular weight excluding hydrogens is 947 g/mol. The van der Waals surface area contributed by atoms with E-state index in [9.17, 15) is 0 Å². The van der Waals surface area contributed by atoms with Crippen LogP contribution in [0.5, 0.6) is 0 Å². The SMILES string of the molecule is CC(C)Cc1cc(-c2[c-]cccc2)ncc1[Si](C)(C)C.CC(C)c1cc(-c2ccccc2)cc(C(C)C)c1-n1c(-c2[c-]cc3c(ccc4ccccc43)c2)nc2ccccc21.[Ir]. The second-order valence-corrected chi connectivity index (χ2v) is 23.5. The average molecular weight is 1000 g/mol. The molecule has 0 unspecified atom stereocenters. The van der Waals surface area contributed by atoms with Gasteiger partial charge < -0.3 is 9.55 Å². The molecule has 62 heavy (non-hydrogen) atoms. The van der Waals surface area contributed by atoms with Crippen molar-refractivity contribution < 1.29 is 20.1 Å². The molecule has 2 aromatic heterocycles. The Labute approximate surface area is 383 Å². The number of rotatable bonds is 9. The van der Waals surface area contributed by atoms with Crippen LogP contribution in [0.1, 0.15) is 70.1 Å². The van der Waals surface area contributed by atoms with E-state index in [1.165, 1.54) is 60.2 Å². The fourth-order valence-corrected chi connectivity index (χ4v) is 10.2. The van der Waals surface area contributed by atoms with Crippen molar-refractivity contribution in [3.05, 3.63) is 181 Å². The largest absolute Gasteiger partial charge is 0.333 e. The minimum absolute atomic E-state index is 0. The maximum atomic E-state index is 5.24. The van der Waals surface area contributed by atoms with Crippen molar-refractivity contribution in [3.63, 3.8) is 0 Å². The Bertz CT molecular complexity index is 2930. The first-order chi connectivity index (χ1) is 29.4. The van der Waals surface area contributed by atoms with Crippen molar-refractivity contribution in [1.82, 2.24) is 14.5 Å². The standard InChI is InChI=1S/C39H33N2.C18H24NSi.Ir/c1-25(2)34-23-31(27-12-6-5-7-13-27)24-35(26(3)4)38(34)41-37-17-11-10-16-36(37)40-39(41)30-20-21-33-29(22-30)19-18-28-14-8-9-15-32(28)33;1-14(2)11-16-12-17(15-9-7-6-8-10-15)19-13-18(16)20(3,4)5;/h5-19,21-26H,1-4H3;6-9,12-14H,11H2,1-5H3;/q2*-1;. The Kier molecular flexibility index (Phi) is 13.6. The molecule has 0 atom stereocenters. The Morgan fingerprint density at radius 3 is 1.95 bits per heavy atom. The quantitative estimate of drug-likeness (QED) is 0.0819. The predicted molar refractivity (Wildman–Crippen MR) is 264 cm³/mol. The van der Waals surface area contributed by atoms with Crippen LogP contribution < -0.4 is 5.19 Å².